The highest BCUT2D eigenvalue weighted by molar-refractivity contribution is 6.05. The summed E-state index contributed by atoms with van der Waals surface area (Å²) in [5.74, 6) is 0.850. The van der Waals surface area contributed by atoms with E-state index in [0.29, 0.717) is 0 Å². The Morgan fingerprint density at radius 2 is 1.16 bits per heavy atom. The summed E-state index contributed by atoms with van der Waals surface area (Å²) in [7, 11) is 0. The standard InChI is InChI=1S/C29H20N2O/c1-3-9-21(10-4-1)22-15-17-24(18-16-22)31(23-11-5-2-6-12-23)29-19-26-25-13-7-8-14-27(25)32-28(26)20-30-29/h1-20H. The minimum atomic E-state index is 0.794. The quantitative estimate of drug-likeness (QED) is 0.293. The number of benzene rings is 4. The first-order valence-electron chi connectivity index (χ1n) is 10.6. The minimum absolute atomic E-state index is 0.794. The second kappa shape index (κ2) is 7.71. The molecule has 0 aliphatic rings. The third-order valence-corrected chi connectivity index (χ3v) is 5.73. The number of hydrogen-bond donors (Lipinski definition) is 0. The molecule has 6 aromatic rings. The van der Waals surface area contributed by atoms with E-state index >= 15 is 0 Å². The van der Waals surface area contributed by atoms with Crippen molar-refractivity contribution in [2.45, 2.75) is 0 Å². The van der Waals surface area contributed by atoms with Gasteiger partial charge in [0, 0.05) is 22.1 Å². The molecule has 0 unspecified atom stereocenters. The van der Waals surface area contributed by atoms with Crippen molar-refractivity contribution >= 4 is 39.1 Å². The molecular weight excluding hydrogens is 392 g/mol. The molecule has 0 amide bonds. The highest BCUT2D eigenvalue weighted by atomic mass is 16.3. The van der Waals surface area contributed by atoms with Crippen LogP contribution in [-0.2, 0) is 0 Å². The maximum atomic E-state index is 5.98. The summed E-state index contributed by atoms with van der Waals surface area (Å²) >= 11 is 0. The molecule has 2 aromatic heterocycles. The molecule has 0 saturated carbocycles. The molecule has 0 spiro atoms. The topological polar surface area (TPSA) is 29.3 Å². The van der Waals surface area contributed by atoms with Crippen LogP contribution in [0.5, 0.6) is 0 Å². The van der Waals surface area contributed by atoms with E-state index in [0.717, 1.165) is 39.1 Å². The average Bonchev–Trinajstić information content (AvgIpc) is 3.24. The fourth-order valence-electron chi connectivity index (χ4n) is 4.17. The lowest BCUT2D eigenvalue weighted by Gasteiger charge is -2.24. The van der Waals surface area contributed by atoms with Gasteiger partial charge in [0.2, 0.25) is 0 Å². The summed E-state index contributed by atoms with van der Waals surface area (Å²) in [6.07, 6.45) is 1.82. The van der Waals surface area contributed by atoms with Crippen molar-refractivity contribution < 1.29 is 4.42 Å². The number of hydrogen-bond acceptors (Lipinski definition) is 3. The lowest BCUT2D eigenvalue weighted by atomic mass is 10.1. The molecule has 2 heterocycles. The van der Waals surface area contributed by atoms with Gasteiger partial charge in [-0.15, -0.1) is 0 Å². The van der Waals surface area contributed by atoms with Crippen molar-refractivity contribution in [1.29, 1.82) is 0 Å². The van der Waals surface area contributed by atoms with E-state index in [4.69, 9.17) is 9.40 Å². The van der Waals surface area contributed by atoms with Crippen LogP contribution in [0.25, 0.3) is 33.1 Å². The molecule has 4 aromatic carbocycles. The van der Waals surface area contributed by atoms with Crippen molar-refractivity contribution in [2.75, 3.05) is 4.90 Å². The first-order chi connectivity index (χ1) is 15.9. The van der Waals surface area contributed by atoms with E-state index in [1.807, 2.05) is 48.7 Å². The maximum absolute atomic E-state index is 5.98. The lowest BCUT2D eigenvalue weighted by Crippen LogP contribution is -2.11. The Balaban J connectivity index is 1.49. The maximum Gasteiger partial charge on any atom is 0.153 e. The van der Waals surface area contributed by atoms with E-state index in [1.54, 1.807) is 0 Å². The van der Waals surface area contributed by atoms with Gasteiger partial charge in [-0.05, 0) is 47.5 Å². The van der Waals surface area contributed by atoms with Gasteiger partial charge in [-0.1, -0.05) is 78.9 Å². The first-order valence-corrected chi connectivity index (χ1v) is 10.6. The van der Waals surface area contributed by atoms with Crippen LogP contribution in [0.3, 0.4) is 0 Å². The molecular formula is C29H20N2O. The molecule has 0 radical (unpaired) electrons. The predicted molar refractivity (Wildman–Crippen MR) is 132 cm³/mol. The summed E-state index contributed by atoms with van der Waals surface area (Å²) in [5.41, 5.74) is 6.17. The molecule has 0 N–H and O–H groups in total. The Morgan fingerprint density at radius 1 is 0.531 bits per heavy atom. The molecule has 3 nitrogen and oxygen atoms in total. The van der Waals surface area contributed by atoms with Crippen molar-refractivity contribution in [3.63, 3.8) is 0 Å². The molecule has 0 bridgehead atoms. The summed E-state index contributed by atoms with van der Waals surface area (Å²) in [5, 5.41) is 2.16. The number of aromatic nitrogens is 1. The number of rotatable bonds is 4. The van der Waals surface area contributed by atoms with Gasteiger partial charge >= 0.3 is 0 Å². The minimum Gasteiger partial charge on any atom is -0.454 e. The number of furan rings is 1. The Labute approximate surface area is 186 Å². The van der Waals surface area contributed by atoms with Crippen molar-refractivity contribution in [2.24, 2.45) is 0 Å². The molecule has 0 aliphatic heterocycles. The van der Waals surface area contributed by atoms with E-state index in [1.165, 1.54) is 11.1 Å². The number of para-hydroxylation sites is 2. The second-order valence-electron chi connectivity index (χ2n) is 7.72. The third-order valence-electron chi connectivity index (χ3n) is 5.73. The molecule has 0 aliphatic carbocycles. The molecule has 0 saturated heterocycles. The van der Waals surface area contributed by atoms with E-state index in [2.05, 4.69) is 77.7 Å². The van der Waals surface area contributed by atoms with Crippen molar-refractivity contribution in [1.82, 2.24) is 4.98 Å². The van der Waals surface area contributed by atoms with Crippen LogP contribution in [0.1, 0.15) is 0 Å². The van der Waals surface area contributed by atoms with E-state index in [-0.39, 0.29) is 0 Å². The van der Waals surface area contributed by atoms with Crippen LogP contribution in [-0.4, -0.2) is 4.98 Å². The zero-order valence-electron chi connectivity index (χ0n) is 17.3. The van der Waals surface area contributed by atoms with Gasteiger partial charge in [0.25, 0.3) is 0 Å². The summed E-state index contributed by atoms with van der Waals surface area (Å²) < 4.78 is 5.98. The molecule has 152 valence electrons. The van der Waals surface area contributed by atoms with Gasteiger partial charge in [0.15, 0.2) is 5.58 Å². The largest absolute Gasteiger partial charge is 0.454 e. The number of anilines is 3. The fraction of sp³-hybridized carbons (Fsp3) is 0. The SMILES string of the molecule is c1ccc(-c2ccc(N(c3ccccc3)c3cc4c(cn3)oc3ccccc34)cc2)cc1. The summed E-state index contributed by atoms with van der Waals surface area (Å²) in [6, 6.07) is 39.6. The second-order valence-corrected chi connectivity index (χ2v) is 7.72. The predicted octanol–water partition coefficient (Wildman–Crippen LogP) is 8.12. The van der Waals surface area contributed by atoms with Crippen LogP contribution >= 0.6 is 0 Å². The monoisotopic (exact) mass is 412 g/mol. The van der Waals surface area contributed by atoms with Gasteiger partial charge in [-0.2, -0.15) is 0 Å². The highest BCUT2D eigenvalue weighted by Gasteiger charge is 2.16. The summed E-state index contributed by atoms with van der Waals surface area (Å²) in [6.45, 7) is 0. The van der Waals surface area contributed by atoms with E-state index < -0.39 is 0 Å². The Kier molecular flexibility index (Phi) is 4.43. The van der Waals surface area contributed by atoms with E-state index in [9.17, 15) is 0 Å². The van der Waals surface area contributed by atoms with Crippen molar-refractivity contribution in [3.8, 4) is 11.1 Å². The van der Waals surface area contributed by atoms with Crippen LogP contribution in [0, 0.1) is 0 Å². The van der Waals surface area contributed by atoms with Crippen LogP contribution in [0.4, 0.5) is 17.2 Å². The molecule has 0 atom stereocenters. The zero-order chi connectivity index (χ0) is 21.3. The van der Waals surface area contributed by atoms with Gasteiger partial charge < -0.3 is 4.42 Å². The number of nitrogens with zero attached hydrogens (tertiary/aromatic N) is 2. The van der Waals surface area contributed by atoms with Gasteiger partial charge in [-0.3, -0.25) is 4.90 Å². The van der Waals surface area contributed by atoms with Crippen LogP contribution < -0.4 is 4.90 Å². The van der Waals surface area contributed by atoms with Gasteiger partial charge in [-0.25, -0.2) is 4.98 Å². The molecule has 6 rings (SSSR count). The van der Waals surface area contributed by atoms with Gasteiger partial charge in [0.1, 0.15) is 11.4 Å². The third kappa shape index (κ3) is 3.21. The Bertz CT molecular complexity index is 1500. The smallest absolute Gasteiger partial charge is 0.153 e. The van der Waals surface area contributed by atoms with Crippen molar-refractivity contribution in [3.05, 3.63) is 121 Å². The fourth-order valence-corrected chi connectivity index (χ4v) is 4.17. The Hall–Kier alpha value is -4.37. The number of pyridine rings is 1. The Morgan fingerprint density at radius 3 is 1.94 bits per heavy atom. The lowest BCUT2D eigenvalue weighted by molar-refractivity contribution is 0.667. The van der Waals surface area contributed by atoms with Crippen LogP contribution in [0.15, 0.2) is 126 Å². The first kappa shape index (κ1) is 18.4. The number of fused-ring (bicyclic) bond motifs is 3. The zero-order valence-corrected chi connectivity index (χ0v) is 17.3. The normalized spacial score (nSPS) is 11.1. The van der Waals surface area contributed by atoms with Gasteiger partial charge in [0.05, 0.1) is 6.20 Å². The van der Waals surface area contributed by atoms with Crippen LogP contribution in [0.2, 0.25) is 0 Å². The average molecular weight is 412 g/mol. The highest BCUT2D eigenvalue weighted by Crippen LogP contribution is 2.37. The molecule has 32 heavy (non-hydrogen) atoms. The molecule has 3 heteroatoms. The summed E-state index contributed by atoms with van der Waals surface area (Å²) in [4.78, 5) is 6.94. The molecule has 0 fully saturated rings.